The fourth-order valence-corrected chi connectivity index (χ4v) is 2.33. The third kappa shape index (κ3) is 2.73. The van der Waals surface area contributed by atoms with Gasteiger partial charge in [-0.15, -0.1) is 0 Å². The molecule has 1 amide bonds. The number of nitrogens with one attached hydrogen (secondary N) is 1. The average molecular weight is 311 g/mol. The van der Waals surface area contributed by atoms with Crippen molar-refractivity contribution in [1.29, 1.82) is 0 Å². The summed E-state index contributed by atoms with van der Waals surface area (Å²) in [7, 11) is 0. The Morgan fingerprint density at radius 2 is 2.04 bits per heavy atom. The number of nitro benzene ring substituents is 1. The Labute approximate surface area is 130 Å². The number of nitro groups is 1. The molecule has 0 aliphatic heterocycles. The molecule has 3 rings (SSSR count). The number of aryl methyl sites for hydroxylation is 1. The monoisotopic (exact) mass is 311 g/mol. The van der Waals surface area contributed by atoms with Crippen LogP contribution in [0.15, 0.2) is 36.5 Å². The molecule has 2 aromatic heterocycles. The zero-order chi connectivity index (χ0) is 16.6. The van der Waals surface area contributed by atoms with Crippen LogP contribution in [0.3, 0.4) is 0 Å². The number of hydrogen-bond acceptors (Lipinski definition) is 5. The van der Waals surface area contributed by atoms with Crippen molar-refractivity contribution in [3.8, 4) is 0 Å². The molecule has 0 aliphatic rings. The molecular weight excluding hydrogens is 298 g/mol. The van der Waals surface area contributed by atoms with E-state index in [1.807, 2.05) is 0 Å². The van der Waals surface area contributed by atoms with E-state index in [2.05, 4.69) is 15.4 Å². The molecule has 0 saturated carbocycles. The number of benzene rings is 1. The van der Waals surface area contributed by atoms with Crippen molar-refractivity contribution in [2.45, 2.75) is 13.8 Å². The van der Waals surface area contributed by atoms with Crippen LogP contribution >= 0.6 is 0 Å². The number of carbonyl (C=O) groups excluding carboxylic acids is 1. The van der Waals surface area contributed by atoms with Crippen LogP contribution in [0, 0.1) is 24.0 Å². The molecule has 1 aromatic carbocycles. The van der Waals surface area contributed by atoms with E-state index in [4.69, 9.17) is 0 Å². The summed E-state index contributed by atoms with van der Waals surface area (Å²) in [6.45, 7) is 3.33. The number of aromatic nitrogens is 3. The Morgan fingerprint density at radius 3 is 2.78 bits per heavy atom. The van der Waals surface area contributed by atoms with Crippen LogP contribution in [0.2, 0.25) is 0 Å². The second-order valence-corrected chi connectivity index (χ2v) is 5.04. The number of pyridine rings is 1. The molecule has 0 aliphatic carbocycles. The lowest BCUT2D eigenvalue weighted by Crippen LogP contribution is -2.14. The van der Waals surface area contributed by atoms with Gasteiger partial charge in [0.1, 0.15) is 5.82 Å². The fourth-order valence-electron chi connectivity index (χ4n) is 2.33. The van der Waals surface area contributed by atoms with E-state index in [1.54, 1.807) is 42.8 Å². The van der Waals surface area contributed by atoms with Crippen molar-refractivity contribution in [3.05, 3.63) is 63.6 Å². The van der Waals surface area contributed by atoms with Gasteiger partial charge in [-0.05, 0) is 32.0 Å². The second kappa shape index (κ2) is 5.48. The zero-order valence-electron chi connectivity index (χ0n) is 12.5. The van der Waals surface area contributed by atoms with Crippen LogP contribution in [0.25, 0.3) is 5.65 Å². The lowest BCUT2D eigenvalue weighted by atomic mass is 10.1. The van der Waals surface area contributed by atoms with Crippen LogP contribution in [0.4, 0.5) is 11.4 Å². The van der Waals surface area contributed by atoms with Crippen LogP contribution in [-0.4, -0.2) is 25.4 Å². The molecule has 0 saturated heterocycles. The van der Waals surface area contributed by atoms with Gasteiger partial charge in [0.05, 0.1) is 16.8 Å². The van der Waals surface area contributed by atoms with Crippen LogP contribution < -0.4 is 5.32 Å². The molecule has 0 unspecified atom stereocenters. The molecule has 8 nitrogen and oxygen atoms in total. The van der Waals surface area contributed by atoms with Crippen molar-refractivity contribution >= 4 is 22.9 Å². The van der Waals surface area contributed by atoms with Gasteiger partial charge in [-0.2, -0.15) is 5.10 Å². The molecule has 0 fully saturated rings. The SMILES string of the molecule is Cc1nc2ccc(NC(=O)c3cccc([N+](=O)[O-])c3C)cn2n1. The van der Waals surface area contributed by atoms with Gasteiger partial charge in [-0.3, -0.25) is 14.9 Å². The predicted octanol–water partition coefficient (Wildman–Crippen LogP) is 2.51. The minimum absolute atomic E-state index is 0.0833. The first kappa shape index (κ1) is 14.6. The summed E-state index contributed by atoms with van der Waals surface area (Å²) in [6, 6.07) is 7.85. The maximum atomic E-state index is 12.4. The number of anilines is 1. The summed E-state index contributed by atoms with van der Waals surface area (Å²) in [5.41, 5.74) is 1.70. The van der Waals surface area contributed by atoms with E-state index in [-0.39, 0.29) is 11.3 Å². The number of hydrogen-bond donors (Lipinski definition) is 1. The lowest BCUT2D eigenvalue weighted by molar-refractivity contribution is -0.385. The quantitative estimate of drug-likeness (QED) is 0.591. The van der Waals surface area contributed by atoms with Gasteiger partial charge in [0.25, 0.3) is 11.6 Å². The minimum Gasteiger partial charge on any atom is -0.321 e. The zero-order valence-corrected chi connectivity index (χ0v) is 12.5. The highest BCUT2D eigenvalue weighted by atomic mass is 16.6. The Bertz CT molecular complexity index is 932. The van der Waals surface area contributed by atoms with Crippen LogP contribution in [0.5, 0.6) is 0 Å². The van der Waals surface area contributed by atoms with E-state index >= 15 is 0 Å². The topological polar surface area (TPSA) is 102 Å². The van der Waals surface area contributed by atoms with Gasteiger partial charge in [-0.1, -0.05) is 6.07 Å². The summed E-state index contributed by atoms with van der Waals surface area (Å²) in [5.74, 6) is 0.213. The van der Waals surface area contributed by atoms with Crippen molar-refractivity contribution in [1.82, 2.24) is 14.6 Å². The smallest absolute Gasteiger partial charge is 0.273 e. The molecule has 2 heterocycles. The van der Waals surface area contributed by atoms with E-state index in [1.165, 1.54) is 12.1 Å². The number of nitrogens with zero attached hydrogens (tertiary/aromatic N) is 4. The first-order chi connectivity index (χ1) is 11.0. The molecule has 0 radical (unpaired) electrons. The van der Waals surface area contributed by atoms with Crippen molar-refractivity contribution in [2.24, 2.45) is 0 Å². The average Bonchev–Trinajstić information content (AvgIpc) is 2.86. The van der Waals surface area contributed by atoms with Gasteiger partial charge < -0.3 is 5.32 Å². The molecule has 0 bridgehead atoms. The van der Waals surface area contributed by atoms with Crippen LogP contribution in [0.1, 0.15) is 21.7 Å². The van der Waals surface area contributed by atoms with Crippen molar-refractivity contribution in [3.63, 3.8) is 0 Å². The summed E-state index contributed by atoms with van der Waals surface area (Å²) in [4.78, 5) is 27.0. The normalized spacial score (nSPS) is 10.7. The third-order valence-electron chi connectivity index (χ3n) is 3.44. The summed E-state index contributed by atoms with van der Waals surface area (Å²) < 4.78 is 1.56. The molecule has 23 heavy (non-hydrogen) atoms. The largest absolute Gasteiger partial charge is 0.321 e. The highest BCUT2D eigenvalue weighted by molar-refractivity contribution is 6.05. The number of rotatable bonds is 3. The highest BCUT2D eigenvalue weighted by Crippen LogP contribution is 2.22. The maximum absolute atomic E-state index is 12.4. The predicted molar refractivity (Wildman–Crippen MR) is 83.5 cm³/mol. The summed E-state index contributed by atoms with van der Waals surface area (Å²) >= 11 is 0. The highest BCUT2D eigenvalue weighted by Gasteiger charge is 2.18. The van der Waals surface area contributed by atoms with Gasteiger partial charge in [0.15, 0.2) is 5.65 Å². The summed E-state index contributed by atoms with van der Waals surface area (Å²) in [6.07, 6.45) is 1.64. The number of amides is 1. The molecular formula is C15H13N5O3. The van der Waals surface area contributed by atoms with Gasteiger partial charge in [0.2, 0.25) is 0 Å². The fraction of sp³-hybridized carbons (Fsp3) is 0.133. The van der Waals surface area contributed by atoms with Gasteiger partial charge >= 0.3 is 0 Å². The van der Waals surface area contributed by atoms with Crippen molar-refractivity contribution < 1.29 is 9.72 Å². The molecule has 0 atom stereocenters. The number of fused-ring (bicyclic) bond motifs is 1. The second-order valence-electron chi connectivity index (χ2n) is 5.04. The Kier molecular flexibility index (Phi) is 3.49. The van der Waals surface area contributed by atoms with Crippen molar-refractivity contribution in [2.75, 3.05) is 5.32 Å². The number of carbonyl (C=O) groups is 1. The molecule has 8 heteroatoms. The van der Waals surface area contributed by atoms with E-state index in [0.29, 0.717) is 22.7 Å². The Morgan fingerprint density at radius 1 is 1.26 bits per heavy atom. The maximum Gasteiger partial charge on any atom is 0.273 e. The molecule has 116 valence electrons. The molecule has 1 N–H and O–H groups in total. The van der Waals surface area contributed by atoms with Crippen LogP contribution in [-0.2, 0) is 0 Å². The van der Waals surface area contributed by atoms with Gasteiger partial charge in [-0.25, -0.2) is 9.50 Å². The lowest BCUT2D eigenvalue weighted by Gasteiger charge is -2.08. The molecule has 0 spiro atoms. The van der Waals surface area contributed by atoms with Gasteiger partial charge in [0, 0.05) is 17.2 Å². The minimum atomic E-state index is -0.504. The third-order valence-corrected chi connectivity index (χ3v) is 3.44. The molecule has 3 aromatic rings. The van der Waals surface area contributed by atoms with E-state index in [9.17, 15) is 14.9 Å². The first-order valence-corrected chi connectivity index (χ1v) is 6.84. The Hall–Kier alpha value is -3.29. The van der Waals surface area contributed by atoms with E-state index < -0.39 is 10.8 Å². The Balaban J connectivity index is 1.91. The first-order valence-electron chi connectivity index (χ1n) is 6.84. The standard InChI is InChI=1S/C15H13N5O3/c1-9-12(4-3-5-13(9)20(22)23)15(21)17-11-6-7-14-16-10(2)18-19(14)8-11/h3-8H,1-2H3,(H,17,21). The summed E-state index contributed by atoms with van der Waals surface area (Å²) in [5, 5.41) is 17.8. The van der Waals surface area contributed by atoms with E-state index in [0.717, 1.165) is 0 Å².